The summed E-state index contributed by atoms with van der Waals surface area (Å²) in [7, 11) is 0. The van der Waals surface area contributed by atoms with E-state index >= 15 is 0 Å². The number of carbonyl (C=O) groups excluding carboxylic acids is 1. The van der Waals surface area contributed by atoms with Gasteiger partial charge in [-0.2, -0.15) is 5.10 Å². The minimum Gasteiger partial charge on any atom is -0.482 e. The molecule has 0 aliphatic rings. The molecular formula is C14H18Cl2N2O7. The molecule has 0 radical (unpaired) electrons. The zero-order valence-corrected chi connectivity index (χ0v) is 14.3. The third-order valence-electron chi connectivity index (χ3n) is 2.95. The minimum atomic E-state index is -1.81. The Labute approximate surface area is 153 Å². The number of hydrazone groups is 1. The first-order chi connectivity index (χ1) is 11.8. The van der Waals surface area contributed by atoms with Crippen molar-refractivity contribution in [1.29, 1.82) is 0 Å². The molecule has 25 heavy (non-hydrogen) atoms. The van der Waals surface area contributed by atoms with Crippen LogP contribution in [0.4, 0.5) is 0 Å². The maximum Gasteiger partial charge on any atom is 0.277 e. The molecule has 4 atom stereocenters. The molecule has 0 heterocycles. The lowest BCUT2D eigenvalue weighted by molar-refractivity contribution is -0.123. The molecule has 0 fully saturated rings. The summed E-state index contributed by atoms with van der Waals surface area (Å²) in [6.07, 6.45) is -6.19. The van der Waals surface area contributed by atoms with Crippen LogP contribution in [-0.2, 0) is 4.79 Å². The number of amides is 1. The molecule has 0 aliphatic heterocycles. The summed E-state index contributed by atoms with van der Waals surface area (Å²) >= 11 is 11.6. The molecule has 0 bridgehead atoms. The number of ether oxygens (including phenoxy) is 1. The van der Waals surface area contributed by atoms with Crippen LogP contribution in [0.25, 0.3) is 0 Å². The van der Waals surface area contributed by atoms with Gasteiger partial charge in [-0.1, -0.05) is 23.2 Å². The Morgan fingerprint density at radius 2 is 1.92 bits per heavy atom. The normalized spacial score (nSPS) is 16.3. The molecule has 9 nitrogen and oxygen atoms in total. The van der Waals surface area contributed by atoms with Gasteiger partial charge in [0.1, 0.15) is 30.2 Å². The van der Waals surface area contributed by atoms with Crippen molar-refractivity contribution in [2.24, 2.45) is 5.10 Å². The van der Waals surface area contributed by atoms with Gasteiger partial charge in [0.2, 0.25) is 0 Å². The number of aliphatic hydroxyl groups is 5. The van der Waals surface area contributed by atoms with Gasteiger partial charge < -0.3 is 30.3 Å². The van der Waals surface area contributed by atoms with Gasteiger partial charge in [0.25, 0.3) is 5.91 Å². The van der Waals surface area contributed by atoms with Crippen molar-refractivity contribution in [3.63, 3.8) is 0 Å². The highest BCUT2D eigenvalue weighted by Gasteiger charge is 2.29. The lowest BCUT2D eigenvalue weighted by Crippen LogP contribution is -2.46. The molecular weight excluding hydrogens is 379 g/mol. The molecule has 0 saturated carbocycles. The van der Waals surface area contributed by atoms with E-state index in [4.69, 9.17) is 38.2 Å². The highest BCUT2D eigenvalue weighted by atomic mass is 35.5. The molecule has 0 aromatic heterocycles. The largest absolute Gasteiger partial charge is 0.482 e. The molecule has 6 N–H and O–H groups in total. The first-order valence-corrected chi connectivity index (χ1v) is 7.74. The maximum atomic E-state index is 11.5. The van der Waals surface area contributed by atoms with Gasteiger partial charge in [-0.15, -0.1) is 0 Å². The second-order valence-corrected chi connectivity index (χ2v) is 5.74. The highest BCUT2D eigenvalue weighted by molar-refractivity contribution is 6.35. The predicted octanol–water partition coefficient (Wildman–Crippen LogP) is -1.09. The molecule has 1 amide bonds. The van der Waals surface area contributed by atoms with Crippen LogP contribution in [0.1, 0.15) is 0 Å². The van der Waals surface area contributed by atoms with Gasteiger partial charge in [0, 0.05) is 5.02 Å². The summed E-state index contributed by atoms with van der Waals surface area (Å²) in [5.41, 5.74) is 2.02. The maximum absolute atomic E-state index is 11.5. The summed E-state index contributed by atoms with van der Waals surface area (Å²) in [4.78, 5) is 11.5. The van der Waals surface area contributed by atoms with Crippen LogP contribution in [0.2, 0.25) is 10.0 Å². The molecule has 11 heteroatoms. The molecule has 0 saturated heterocycles. The van der Waals surface area contributed by atoms with Crippen LogP contribution in [0.3, 0.4) is 0 Å². The highest BCUT2D eigenvalue weighted by Crippen LogP contribution is 2.27. The number of carbonyl (C=O) groups is 1. The van der Waals surface area contributed by atoms with Crippen molar-refractivity contribution >= 4 is 35.3 Å². The standard InChI is InChI=1S/C14H18Cl2N2O7/c15-7-1-2-11(8(16)3-7)25-6-12(22)18-17-4-9(20)13(23)14(24)10(21)5-19/h1-4,9-10,13-14,19-21,23-24H,5-6H2,(H,18,22)/b17-4-/t9-,10-,13-,14-/m1/s1. The topological polar surface area (TPSA) is 152 Å². The second-order valence-electron chi connectivity index (χ2n) is 4.90. The SMILES string of the molecule is O=C(COc1ccc(Cl)cc1Cl)N/N=C\[C@@H](O)[C@@H](O)[C@H](O)[C@H](O)CO. The fourth-order valence-electron chi connectivity index (χ4n) is 1.58. The fourth-order valence-corrected chi connectivity index (χ4v) is 2.04. The number of benzene rings is 1. The van der Waals surface area contributed by atoms with Gasteiger partial charge in [0.05, 0.1) is 17.8 Å². The number of hydrogen-bond donors (Lipinski definition) is 6. The molecule has 1 aromatic rings. The van der Waals surface area contributed by atoms with Gasteiger partial charge in [-0.25, -0.2) is 5.43 Å². The van der Waals surface area contributed by atoms with E-state index in [1.165, 1.54) is 18.2 Å². The first kappa shape index (κ1) is 21.6. The third-order valence-corrected chi connectivity index (χ3v) is 3.48. The van der Waals surface area contributed by atoms with Crippen LogP contribution in [0.15, 0.2) is 23.3 Å². The van der Waals surface area contributed by atoms with Crippen molar-refractivity contribution in [3.05, 3.63) is 28.2 Å². The zero-order valence-electron chi connectivity index (χ0n) is 12.8. The number of rotatable bonds is 9. The van der Waals surface area contributed by atoms with Crippen molar-refractivity contribution in [1.82, 2.24) is 5.43 Å². The van der Waals surface area contributed by atoms with Gasteiger partial charge in [-0.05, 0) is 18.2 Å². The molecule has 0 unspecified atom stereocenters. The van der Waals surface area contributed by atoms with Crippen LogP contribution in [0.5, 0.6) is 5.75 Å². The monoisotopic (exact) mass is 396 g/mol. The summed E-state index contributed by atoms with van der Waals surface area (Å²) < 4.78 is 5.15. The average Bonchev–Trinajstić information content (AvgIpc) is 2.58. The summed E-state index contributed by atoms with van der Waals surface area (Å²) in [6.45, 7) is -1.23. The van der Waals surface area contributed by atoms with E-state index in [2.05, 4.69) is 5.10 Å². The van der Waals surface area contributed by atoms with Crippen molar-refractivity contribution < 1.29 is 35.1 Å². The third kappa shape index (κ3) is 7.12. The fraction of sp³-hybridized carbons (Fsp3) is 0.429. The molecule has 1 aromatic carbocycles. The Hall–Kier alpha value is -1.46. The molecule has 1 rings (SSSR count). The number of hydrogen-bond acceptors (Lipinski definition) is 8. The Morgan fingerprint density at radius 3 is 2.52 bits per heavy atom. The van der Waals surface area contributed by atoms with E-state index < -0.39 is 43.5 Å². The Balaban J connectivity index is 2.43. The van der Waals surface area contributed by atoms with Crippen LogP contribution in [-0.4, -0.2) is 75.3 Å². The van der Waals surface area contributed by atoms with E-state index in [9.17, 15) is 20.1 Å². The van der Waals surface area contributed by atoms with Crippen LogP contribution < -0.4 is 10.2 Å². The predicted molar refractivity (Wildman–Crippen MR) is 89.7 cm³/mol. The van der Waals surface area contributed by atoms with E-state index in [-0.39, 0.29) is 10.8 Å². The van der Waals surface area contributed by atoms with E-state index in [0.717, 1.165) is 6.21 Å². The number of aliphatic hydroxyl groups excluding tert-OH is 5. The quantitative estimate of drug-likeness (QED) is 0.229. The Morgan fingerprint density at radius 1 is 1.24 bits per heavy atom. The first-order valence-electron chi connectivity index (χ1n) is 6.99. The van der Waals surface area contributed by atoms with Gasteiger partial charge in [-0.3, -0.25) is 4.79 Å². The Kier molecular flexibility index (Phi) is 9.08. The van der Waals surface area contributed by atoms with Crippen LogP contribution >= 0.6 is 23.2 Å². The number of nitrogens with one attached hydrogen (secondary N) is 1. The average molecular weight is 397 g/mol. The van der Waals surface area contributed by atoms with Crippen molar-refractivity contribution in [3.8, 4) is 5.75 Å². The second kappa shape index (κ2) is 10.5. The van der Waals surface area contributed by atoms with Gasteiger partial charge in [0.15, 0.2) is 6.61 Å². The van der Waals surface area contributed by atoms with Crippen molar-refractivity contribution in [2.75, 3.05) is 13.2 Å². The van der Waals surface area contributed by atoms with Crippen molar-refractivity contribution in [2.45, 2.75) is 24.4 Å². The van der Waals surface area contributed by atoms with E-state index in [1.807, 2.05) is 5.43 Å². The summed E-state index contributed by atoms with van der Waals surface area (Å²) in [6, 6.07) is 4.45. The lowest BCUT2D eigenvalue weighted by Gasteiger charge is -2.23. The lowest BCUT2D eigenvalue weighted by atomic mass is 10.0. The minimum absolute atomic E-state index is 0.221. The number of halogens is 2. The van der Waals surface area contributed by atoms with E-state index in [0.29, 0.717) is 5.02 Å². The molecule has 140 valence electrons. The zero-order chi connectivity index (χ0) is 19.0. The number of nitrogens with zero attached hydrogens (tertiary/aromatic N) is 1. The summed E-state index contributed by atoms with van der Waals surface area (Å²) in [5, 5.41) is 50.3. The van der Waals surface area contributed by atoms with E-state index in [1.54, 1.807) is 0 Å². The van der Waals surface area contributed by atoms with Gasteiger partial charge >= 0.3 is 0 Å². The molecule has 0 aliphatic carbocycles. The Bertz CT molecular complexity index is 603. The molecule has 0 spiro atoms. The summed E-state index contributed by atoms with van der Waals surface area (Å²) in [5.74, 6) is -0.443. The van der Waals surface area contributed by atoms with Crippen LogP contribution in [0, 0.1) is 0 Å². The smallest absolute Gasteiger partial charge is 0.277 e.